The summed E-state index contributed by atoms with van der Waals surface area (Å²) in [5.41, 5.74) is 0. The molecule has 0 spiro atoms. The Labute approximate surface area is 72.5 Å². The molecule has 0 saturated carbocycles. The van der Waals surface area contributed by atoms with Crippen LogP contribution in [0.15, 0.2) is 12.7 Å². The molecule has 11 heavy (non-hydrogen) atoms. The standard InChI is InChI=1S/C9H13NS/c1-3-8(2)9(7-10)5-4-6-11-9/h3,8H,1,4-6H2,2H3. The largest absolute Gasteiger partial charge is 0.197 e. The van der Waals surface area contributed by atoms with E-state index in [9.17, 15) is 0 Å². The maximum Gasteiger partial charge on any atom is 0.108 e. The zero-order chi connectivity index (χ0) is 8.32. The highest BCUT2D eigenvalue weighted by molar-refractivity contribution is 8.01. The Balaban J connectivity index is 2.76. The molecule has 0 amide bonds. The van der Waals surface area contributed by atoms with Crippen LogP contribution < -0.4 is 0 Å². The minimum Gasteiger partial charge on any atom is -0.197 e. The third kappa shape index (κ3) is 1.44. The summed E-state index contributed by atoms with van der Waals surface area (Å²) in [7, 11) is 0. The lowest BCUT2D eigenvalue weighted by Crippen LogP contribution is -2.26. The molecule has 1 aliphatic heterocycles. The van der Waals surface area contributed by atoms with Crippen LogP contribution in [0.5, 0.6) is 0 Å². The molecule has 60 valence electrons. The van der Waals surface area contributed by atoms with Gasteiger partial charge < -0.3 is 0 Å². The fourth-order valence-electron chi connectivity index (χ4n) is 1.40. The van der Waals surface area contributed by atoms with Crippen LogP contribution in [0.3, 0.4) is 0 Å². The maximum absolute atomic E-state index is 9.00. The third-order valence-corrected chi connectivity index (χ3v) is 4.01. The highest BCUT2D eigenvalue weighted by Crippen LogP contribution is 2.43. The van der Waals surface area contributed by atoms with Gasteiger partial charge in [0.2, 0.25) is 0 Å². The molecular formula is C9H13NS. The van der Waals surface area contributed by atoms with Crippen molar-refractivity contribution < 1.29 is 0 Å². The molecule has 1 heterocycles. The zero-order valence-corrected chi connectivity index (χ0v) is 7.66. The summed E-state index contributed by atoms with van der Waals surface area (Å²) in [6.45, 7) is 5.81. The second-order valence-electron chi connectivity index (χ2n) is 2.98. The van der Waals surface area contributed by atoms with Crippen molar-refractivity contribution in [1.82, 2.24) is 0 Å². The second kappa shape index (κ2) is 3.32. The van der Waals surface area contributed by atoms with Gasteiger partial charge >= 0.3 is 0 Å². The van der Waals surface area contributed by atoms with Crippen LogP contribution >= 0.6 is 11.8 Å². The van der Waals surface area contributed by atoms with Gasteiger partial charge in [0.25, 0.3) is 0 Å². The molecule has 0 bridgehead atoms. The van der Waals surface area contributed by atoms with Crippen molar-refractivity contribution in [3.63, 3.8) is 0 Å². The van der Waals surface area contributed by atoms with E-state index in [1.807, 2.05) is 6.08 Å². The normalized spacial score (nSPS) is 32.7. The number of nitriles is 1. The Morgan fingerprint density at radius 2 is 2.55 bits per heavy atom. The predicted molar refractivity (Wildman–Crippen MR) is 49.4 cm³/mol. The molecule has 2 atom stereocenters. The number of hydrogen-bond donors (Lipinski definition) is 0. The van der Waals surface area contributed by atoms with Crippen LogP contribution in [0.4, 0.5) is 0 Å². The van der Waals surface area contributed by atoms with Crippen molar-refractivity contribution in [1.29, 1.82) is 5.26 Å². The van der Waals surface area contributed by atoms with Gasteiger partial charge in [-0.3, -0.25) is 0 Å². The first-order valence-corrected chi connectivity index (χ1v) is 4.91. The number of hydrogen-bond acceptors (Lipinski definition) is 2. The van der Waals surface area contributed by atoms with Crippen LogP contribution in [0.2, 0.25) is 0 Å². The van der Waals surface area contributed by atoms with Gasteiger partial charge in [-0.2, -0.15) is 5.26 Å². The van der Waals surface area contributed by atoms with Crippen molar-refractivity contribution in [3.05, 3.63) is 12.7 Å². The van der Waals surface area contributed by atoms with E-state index in [0.717, 1.165) is 12.2 Å². The minimum atomic E-state index is -0.151. The van der Waals surface area contributed by atoms with Crippen LogP contribution in [-0.2, 0) is 0 Å². The number of thioether (sulfide) groups is 1. The van der Waals surface area contributed by atoms with Gasteiger partial charge in [-0.25, -0.2) is 0 Å². The van der Waals surface area contributed by atoms with Crippen molar-refractivity contribution in [3.8, 4) is 6.07 Å². The fraction of sp³-hybridized carbons (Fsp3) is 0.667. The topological polar surface area (TPSA) is 23.8 Å². The Morgan fingerprint density at radius 1 is 1.82 bits per heavy atom. The number of rotatable bonds is 2. The van der Waals surface area contributed by atoms with Gasteiger partial charge in [-0.15, -0.1) is 18.3 Å². The average Bonchev–Trinajstić information content (AvgIpc) is 2.52. The van der Waals surface area contributed by atoms with Crippen LogP contribution in [-0.4, -0.2) is 10.5 Å². The van der Waals surface area contributed by atoms with Gasteiger partial charge in [0.05, 0.1) is 6.07 Å². The van der Waals surface area contributed by atoms with Crippen LogP contribution in [0.25, 0.3) is 0 Å². The maximum atomic E-state index is 9.00. The molecule has 0 aromatic heterocycles. The average molecular weight is 167 g/mol. The summed E-state index contributed by atoms with van der Waals surface area (Å²) in [4.78, 5) is 0. The fourth-order valence-corrected chi connectivity index (χ4v) is 2.77. The van der Waals surface area contributed by atoms with Crippen LogP contribution in [0, 0.1) is 17.2 Å². The van der Waals surface area contributed by atoms with E-state index < -0.39 is 0 Å². The van der Waals surface area contributed by atoms with Crippen LogP contribution in [0.1, 0.15) is 19.8 Å². The monoisotopic (exact) mass is 167 g/mol. The predicted octanol–water partition coefficient (Wildman–Crippen LogP) is 2.60. The van der Waals surface area contributed by atoms with E-state index in [1.165, 1.54) is 6.42 Å². The molecule has 1 nitrogen and oxygen atoms in total. The Kier molecular flexibility index (Phi) is 2.62. The summed E-state index contributed by atoms with van der Waals surface area (Å²) >= 11 is 1.79. The third-order valence-electron chi connectivity index (χ3n) is 2.33. The highest BCUT2D eigenvalue weighted by atomic mass is 32.2. The van der Waals surface area contributed by atoms with Gasteiger partial charge in [-0.1, -0.05) is 13.0 Å². The number of allylic oxidation sites excluding steroid dienone is 1. The zero-order valence-electron chi connectivity index (χ0n) is 6.84. The quantitative estimate of drug-likeness (QED) is 0.590. The van der Waals surface area contributed by atoms with E-state index in [1.54, 1.807) is 11.8 Å². The molecule has 1 rings (SSSR count). The summed E-state index contributed by atoms with van der Waals surface area (Å²) < 4.78 is -0.151. The van der Waals surface area contributed by atoms with Gasteiger partial charge in [0.1, 0.15) is 4.75 Å². The summed E-state index contributed by atoms with van der Waals surface area (Å²) in [5, 5.41) is 9.00. The van der Waals surface area contributed by atoms with E-state index in [0.29, 0.717) is 5.92 Å². The van der Waals surface area contributed by atoms with Crippen molar-refractivity contribution in [2.24, 2.45) is 5.92 Å². The Bertz CT molecular complexity index is 186. The molecule has 0 radical (unpaired) electrons. The SMILES string of the molecule is C=CC(C)C1(C#N)CCCS1. The lowest BCUT2D eigenvalue weighted by atomic mass is 9.91. The molecule has 2 unspecified atom stereocenters. The van der Waals surface area contributed by atoms with Crippen molar-refractivity contribution in [2.75, 3.05) is 5.75 Å². The van der Waals surface area contributed by atoms with E-state index in [4.69, 9.17) is 5.26 Å². The van der Waals surface area contributed by atoms with Gasteiger partial charge in [0.15, 0.2) is 0 Å². The molecular weight excluding hydrogens is 154 g/mol. The number of nitrogens with zero attached hydrogens (tertiary/aromatic N) is 1. The van der Waals surface area contributed by atoms with Gasteiger partial charge in [-0.05, 0) is 18.6 Å². The molecule has 1 aliphatic rings. The van der Waals surface area contributed by atoms with E-state index >= 15 is 0 Å². The van der Waals surface area contributed by atoms with Crippen molar-refractivity contribution >= 4 is 11.8 Å². The Hall–Kier alpha value is -0.420. The minimum absolute atomic E-state index is 0.151. The molecule has 2 heteroatoms. The Morgan fingerprint density at radius 3 is 2.91 bits per heavy atom. The molecule has 0 aromatic carbocycles. The summed E-state index contributed by atoms with van der Waals surface area (Å²) in [5.74, 6) is 1.45. The first-order valence-electron chi connectivity index (χ1n) is 3.93. The molecule has 0 aliphatic carbocycles. The van der Waals surface area contributed by atoms with Crippen molar-refractivity contribution in [2.45, 2.75) is 24.5 Å². The highest BCUT2D eigenvalue weighted by Gasteiger charge is 2.38. The van der Waals surface area contributed by atoms with E-state index in [-0.39, 0.29) is 4.75 Å². The molecule has 0 aromatic rings. The summed E-state index contributed by atoms with van der Waals surface area (Å²) in [6.07, 6.45) is 4.10. The summed E-state index contributed by atoms with van der Waals surface area (Å²) in [6, 6.07) is 2.42. The smallest absolute Gasteiger partial charge is 0.108 e. The molecule has 0 N–H and O–H groups in total. The lowest BCUT2D eigenvalue weighted by molar-refractivity contribution is 0.550. The lowest BCUT2D eigenvalue weighted by Gasteiger charge is -2.24. The van der Waals surface area contributed by atoms with E-state index in [2.05, 4.69) is 19.6 Å². The molecule has 1 saturated heterocycles. The first-order chi connectivity index (χ1) is 5.25. The van der Waals surface area contributed by atoms with Gasteiger partial charge in [0, 0.05) is 5.92 Å². The molecule has 1 fully saturated rings. The first kappa shape index (κ1) is 8.67. The second-order valence-corrected chi connectivity index (χ2v) is 4.40.